The van der Waals surface area contributed by atoms with Gasteiger partial charge in [0.1, 0.15) is 0 Å². The monoisotopic (exact) mass is 219 g/mol. The quantitative estimate of drug-likeness (QED) is 0.827. The zero-order valence-electron chi connectivity index (χ0n) is 10.2. The zero-order valence-corrected chi connectivity index (χ0v) is 10.2. The fourth-order valence-corrected chi connectivity index (χ4v) is 2.42. The van der Waals surface area contributed by atoms with Gasteiger partial charge < -0.3 is 10.5 Å². The third-order valence-corrected chi connectivity index (χ3v) is 3.53. The molecule has 0 aromatic heterocycles. The van der Waals surface area contributed by atoms with Crippen molar-refractivity contribution >= 4 is 0 Å². The fourth-order valence-electron chi connectivity index (χ4n) is 2.42. The Morgan fingerprint density at radius 1 is 1.38 bits per heavy atom. The van der Waals surface area contributed by atoms with Gasteiger partial charge in [-0.3, -0.25) is 0 Å². The Hall–Kier alpha value is -0.860. The van der Waals surface area contributed by atoms with Crippen LogP contribution in [0.4, 0.5) is 0 Å². The van der Waals surface area contributed by atoms with Crippen LogP contribution < -0.4 is 5.73 Å². The minimum atomic E-state index is 0.203. The molecule has 0 bridgehead atoms. The average molecular weight is 219 g/mol. The summed E-state index contributed by atoms with van der Waals surface area (Å²) in [5.41, 5.74) is 10.2. The molecule has 2 rings (SSSR count). The maximum Gasteiger partial charge on any atom is 0.0620 e. The standard InChI is InChI=1S/C14H21NO/c1-10-3-4-12(11(2)7-10)8-13-5-6-16-9-14(13)15/h3-4,7,13-14H,5-6,8-9,15H2,1-2H3. The average Bonchev–Trinajstić information content (AvgIpc) is 2.25. The summed E-state index contributed by atoms with van der Waals surface area (Å²) in [6, 6.07) is 6.88. The molecule has 2 nitrogen and oxygen atoms in total. The van der Waals surface area contributed by atoms with Crippen molar-refractivity contribution in [3.05, 3.63) is 34.9 Å². The Morgan fingerprint density at radius 3 is 2.88 bits per heavy atom. The van der Waals surface area contributed by atoms with Crippen LogP contribution in [-0.2, 0) is 11.2 Å². The lowest BCUT2D eigenvalue weighted by molar-refractivity contribution is 0.0492. The third-order valence-electron chi connectivity index (χ3n) is 3.53. The molecule has 1 aromatic rings. The number of hydrogen-bond acceptors (Lipinski definition) is 2. The number of nitrogens with two attached hydrogens (primary N) is 1. The summed E-state index contributed by atoms with van der Waals surface area (Å²) in [7, 11) is 0. The largest absolute Gasteiger partial charge is 0.380 e. The molecule has 1 aliphatic rings. The second-order valence-corrected chi connectivity index (χ2v) is 4.92. The molecule has 0 radical (unpaired) electrons. The van der Waals surface area contributed by atoms with Crippen molar-refractivity contribution in [2.75, 3.05) is 13.2 Å². The first-order valence-corrected chi connectivity index (χ1v) is 6.06. The summed E-state index contributed by atoms with van der Waals surface area (Å²) in [6.07, 6.45) is 2.19. The SMILES string of the molecule is Cc1ccc(CC2CCOCC2N)c(C)c1. The number of hydrogen-bond donors (Lipinski definition) is 1. The van der Waals surface area contributed by atoms with E-state index in [0.717, 1.165) is 26.1 Å². The van der Waals surface area contributed by atoms with Gasteiger partial charge in [0.2, 0.25) is 0 Å². The summed E-state index contributed by atoms with van der Waals surface area (Å²) in [4.78, 5) is 0. The van der Waals surface area contributed by atoms with Crippen LogP contribution in [0.5, 0.6) is 0 Å². The van der Waals surface area contributed by atoms with Crippen LogP contribution in [0, 0.1) is 19.8 Å². The molecule has 88 valence electrons. The number of aryl methyl sites for hydroxylation is 2. The van der Waals surface area contributed by atoms with E-state index in [4.69, 9.17) is 10.5 Å². The van der Waals surface area contributed by atoms with Crippen molar-refractivity contribution in [3.8, 4) is 0 Å². The lowest BCUT2D eigenvalue weighted by Crippen LogP contribution is -2.40. The summed E-state index contributed by atoms with van der Waals surface area (Å²) < 4.78 is 5.37. The number of rotatable bonds is 2. The highest BCUT2D eigenvalue weighted by atomic mass is 16.5. The van der Waals surface area contributed by atoms with Crippen molar-refractivity contribution < 1.29 is 4.74 Å². The molecule has 2 unspecified atom stereocenters. The molecular formula is C14H21NO. The fraction of sp³-hybridized carbons (Fsp3) is 0.571. The van der Waals surface area contributed by atoms with Gasteiger partial charge in [-0.05, 0) is 43.7 Å². The molecule has 0 amide bonds. The van der Waals surface area contributed by atoms with E-state index in [1.54, 1.807) is 0 Å². The van der Waals surface area contributed by atoms with E-state index in [9.17, 15) is 0 Å². The molecule has 1 aromatic carbocycles. The summed E-state index contributed by atoms with van der Waals surface area (Å²) >= 11 is 0. The van der Waals surface area contributed by atoms with Crippen LogP contribution in [0.15, 0.2) is 18.2 Å². The summed E-state index contributed by atoms with van der Waals surface area (Å²) in [5, 5.41) is 0. The molecule has 1 aliphatic heterocycles. The second-order valence-electron chi connectivity index (χ2n) is 4.92. The Kier molecular flexibility index (Phi) is 3.62. The van der Waals surface area contributed by atoms with Gasteiger partial charge in [-0.15, -0.1) is 0 Å². The molecule has 16 heavy (non-hydrogen) atoms. The van der Waals surface area contributed by atoms with Gasteiger partial charge in [-0.25, -0.2) is 0 Å². The van der Waals surface area contributed by atoms with Crippen molar-refractivity contribution in [2.24, 2.45) is 11.7 Å². The van der Waals surface area contributed by atoms with E-state index < -0.39 is 0 Å². The van der Waals surface area contributed by atoms with Crippen LogP contribution in [0.1, 0.15) is 23.1 Å². The van der Waals surface area contributed by atoms with Crippen molar-refractivity contribution in [3.63, 3.8) is 0 Å². The van der Waals surface area contributed by atoms with E-state index in [1.807, 2.05) is 0 Å². The molecule has 0 saturated carbocycles. The molecule has 2 heteroatoms. The molecular weight excluding hydrogens is 198 g/mol. The van der Waals surface area contributed by atoms with Crippen molar-refractivity contribution in [1.82, 2.24) is 0 Å². The lowest BCUT2D eigenvalue weighted by atomic mass is 9.87. The first-order valence-electron chi connectivity index (χ1n) is 6.06. The molecule has 1 fully saturated rings. The van der Waals surface area contributed by atoms with Crippen LogP contribution in [0.2, 0.25) is 0 Å². The van der Waals surface area contributed by atoms with E-state index in [-0.39, 0.29) is 6.04 Å². The normalized spacial score (nSPS) is 25.7. The highest BCUT2D eigenvalue weighted by Gasteiger charge is 2.22. The summed E-state index contributed by atoms with van der Waals surface area (Å²) in [5.74, 6) is 0.579. The Balaban J connectivity index is 2.07. The Labute approximate surface area is 97.8 Å². The highest BCUT2D eigenvalue weighted by Crippen LogP contribution is 2.21. The maximum atomic E-state index is 6.08. The zero-order chi connectivity index (χ0) is 11.5. The molecule has 0 spiro atoms. The van der Waals surface area contributed by atoms with Gasteiger partial charge in [-0.2, -0.15) is 0 Å². The molecule has 1 saturated heterocycles. The Morgan fingerprint density at radius 2 is 2.19 bits per heavy atom. The second kappa shape index (κ2) is 4.98. The van der Waals surface area contributed by atoms with Crippen LogP contribution in [0.25, 0.3) is 0 Å². The molecule has 2 atom stereocenters. The first kappa shape index (κ1) is 11.6. The molecule has 0 aliphatic carbocycles. The molecule has 2 N–H and O–H groups in total. The van der Waals surface area contributed by atoms with Crippen molar-refractivity contribution in [1.29, 1.82) is 0 Å². The predicted molar refractivity (Wildman–Crippen MR) is 66.5 cm³/mol. The minimum Gasteiger partial charge on any atom is -0.380 e. The van der Waals surface area contributed by atoms with Crippen LogP contribution >= 0.6 is 0 Å². The maximum absolute atomic E-state index is 6.08. The third kappa shape index (κ3) is 2.63. The minimum absolute atomic E-state index is 0.203. The van der Waals surface area contributed by atoms with Crippen LogP contribution in [-0.4, -0.2) is 19.3 Å². The first-order chi connectivity index (χ1) is 7.66. The van der Waals surface area contributed by atoms with Gasteiger partial charge in [0, 0.05) is 12.6 Å². The number of ether oxygens (including phenoxy) is 1. The lowest BCUT2D eigenvalue weighted by Gasteiger charge is -2.29. The van der Waals surface area contributed by atoms with Gasteiger partial charge in [0.25, 0.3) is 0 Å². The summed E-state index contributed by atoms with van der Waals surface area (Å²) in [6.45, 7) is 5.91. The topological polar surface area (TPSA) is 35.2 Å². The van der Waals surface area contributed by atoms with E-state index in [1.165, 1.54) is 16.7 Å². The molecule has 1 heterocycles. The van der Waals surface area contributed by atoms with E-state index >= 15 is 0 Å². The van der Waals surface area contributed by atoms with Gasteiger partial charge in [-0.1, -0.05) is 23.8 Å². The highest BCUT2D eigenvalue weighted by molar-refractivity contribution is 5.30. The van der Waals surface area contributed by atoms with Crippen LogP contribution in [0.3, 0.4) is 0 Å². The van der Waals surface area contributed by atoms with E-state index in [2.05, 4.69) is 32.0 Å². The van der Waals surface area contributed by atoms with E-state index in [0.29, 0.717) is 5.92 Å². The predicted octanol–water partition coefficient (Wildman–Crippen LogP) is 2.21. The van der Waals surface area contributed by atoms with Gasteiger partial charge in [0.05, 0.1) is 6.61 Å². The van der Waals surface area contributed by atoms with Gasteiger partial charge in [0.15, 0.2) is 0 Å². The Bertz CT molecular complexity index is 362. The van der Waals surface area contributed by atoms with Crippen molar-refractivity contribution in [2.45, 2.75) is 32.7 Å². The number of benzene rings is 1. The smallest absolute Gasteiger partial charge is 0.0620 e. The van der Waals surface area contributed by atoms with Gasteiger partial charge >= 0.3 is 0 Å².